The smallest absolute Gasteiger partial charge is 0.535 e. The Labute approximate surface area is 149 Å². The number of nitrogens with zero attached hydrogens (tertiary/aromatic N) is 2. The number of nitrogens with two attached hydrogens (primary N) is 2. The third-order valence-electron chi connectivity index (χ3n) is 3.42. The number of carbonyl (C=O) groups excluding carboxylic acids is 2. The van der Waals surface area contributed by atoms with Gasteiger partial charge in [0.05, 0.1) is 6.04 Å². The van der Waals surface area contributed by atoms with Gasteiger partial charge in [0.25, 0.3) is 0 Å². The Morgan fingerprint density at radius 1 is 1.27 bits per heavy atom. The summed E-state index contributed by atoms with van der Waals surface area (Å²) in [5.74, 6) is -1.76. The van der Waals surface area contributed by atoms with E-state index in [1.807, 2.05) is 0 Å². The molecule has 12 nitrogen and oxygen atoms in total. The number of aromatic nitrogens is 2. The first-order valence-corrected chi connectivity index (χ1v) is 8.13. The van der Waals surface area contributed by atoms with Crippen LogP contribution in [0, 0.1) is 0 Å². The molecule has 0 aliphatic carbocycles. The summed E-state index contributed by atoms with van der Waals surface area (Å²) in [6.45, 7) is 0.0832. The Kier molecular flexibility index (Phi) is 9.01. The molecule has 0 saturated carbocycles. The molecule has 1 aromatic rings. The SMILES string of the molecule is NCCCC[C@H](N)c1noc([C@H](CCC(=O)O)NC(=O)NCC(=O)[OH2+])n1. The molecular formula is C14H25N6O6+. The van der Waals surface area contributed by atoms with Gasteiger partial charge < -0.3 is 36.8 Å². The molecule has 0 aromatic carbocycles. The van der Waals surface area contributed by atoms with Crippen molar-refractivity contribution in [2.24, 2.45) is 11.5 Å². The van der Waals surface area contributed by atoms with Gasteiger partial charge in [0.2, 0.25) is 5.89 Å². The van der Waals surface area contributed by atoms with E-state index in [9.17, 15) is 14.4 Å². The maximum atomic E-state index is 11.8. The van der Waals surface area contributed by atoms with Crippen molar-refractivity contribution < 1.29 is 29.1 Å². The summed E-state index contributed by atoms with van der Waals surface area (Å²) in [7, 11) is 0. The largest absolute Gasteiger partial charge is 0.563 e. The molecule has 1 rings (SSSR count). The fraction of sp³-hybridized carbons (Fsp3) is 0.643. The molecule has 0 aliphatic heterocycles. The van der Waals surface area contributed by atoms with Gasteiger partial charge in [-0.15, -0.1) is 0 Å². The monoisotopic (exact) mass is 373 g/mol. The Balaban J connectivity index is 2.75. The van der Waals surface area contributed by atoms with Crippen LogP contribution in [0.2, 0.25) is 0 Å². The lowest BCUT2D eigenvalue weighted by Crippen LogP contribution is -2.40. The van der Waals surface area contributed by atoms with Crippen LogP contribution in [0.5, 0.6) is 0 Å². The average Bonchev–Trinajstić information content (AvgIpc) is 3.06. The van der Waals surface area contributed by atoms with E-state index in [0.29, 0.717) is 13.0 Å². The number of aliphatic carboxylic acids is 1. The second kappa shape index (κ2) is 11.0. The number of rotatable bonds is 12. The van der Waals surface area contributed by atoms with Crippen LogP contribution in [0.25, 0.3) is 0 Å². The standard InChI is InChI=1S/C14H24N6O6/c15-6-2-1-3-8(16)12-19-13(26-20-12)9(4-5-10(21)22)18-14(25)17-7-11(23)24/h8-9H,1-7,15-16H2,(H,21,22)(H,23,24)(H2,17,18,25)/p+1/t8-,9-/m0/s1. The number of unbranched alkanes of at least 4 members (excludes halogenated alkanes) is 1. The fourth-order valence-electron chi connectivity index (χ4n) is 2.07. The first-order chi connectivity index (χ1) is 12.3. The molecule has 0 radical (unpaired) electrons. The zero-order valence-corrected chi connectivity index (χ0v) is 14.2. The van der Waals surface area contributed by atoms with Crippen molar-refractivity contribution in [1.82, 2.24) is 20.8 Å². The van der Waals surface area contributed by atoms with Crippen LogP contribution in [-0.4, -0.2) is 51.4 Å². The van der Waals surface area contributed by atoms with Gasteiger partial charge in [0.15, 0.2) is 12.4 Å². The van der Waals surface area contributed by atoms with E-state index in [1.165, 1.54) is 0 Å². The highest BCUT2D eigenvalue weighted by Crippen LogP contribution is 2.20. The Morgan fingerprint density at radius 2 is 2.00 bits per heavy atom. The summed E-state index contributed by atoms with van der Waals surface area (Å²) in [5, 5.41) is 24.0. The summed E-state index contributed by atoms with van der Waals surface area (Å²) < 4.78 is 5.11. The van der Waals surface area contributed by atoms with E-state index in [2.05, 4.69) is 20.8 Å². The lowest BCUT2D eigenvalue weighted by molar-refractivity contribution is -0.137. The molecule has 0 fully saturated rings. The first-order valence-electron chi connectivity index (χ1n) is 8.13. The molecule has 0 bridgehead atoms. The molecular weight excluding hydrogens is 348 g/mol. The highest BCUT2D eigenvalue weighted by molar-refractivity contribution is 5.80. The van der Waals surface area contributed by atoms with Crippen molar-refractivity contribution in [2.45, 2.75) is 44.2 Å². The van der Waals surface area contributed by atoms with Gasteiger partial charge in [-0.2, -0.15) is 4.98 Å². The summed E-state index contributed by atoms with van der Waals surface area (Å²) in [5.41, 5.74) is 11.4. The zero-order chi connectivity index (χ0) is 19.5. The molecule has 2 atom stereocenters. The van der Waals surface area contributed by atoms with Crippen LogP contribution in [-0.2, 0) is 9.59 Å². The highest BCUT2D eigenvalue weighted by atomic mass is 16.5. The minimum atomic E-state index is -1.06. The second-order valence-corrected chi connectivity index (χ2v) is 5.62. The number of urea groups is 1. The molecule has 0 unspecified atom stereocenters. The van der Waals surface area contributed by atoms with Crippen molar-refractivity contribution in [2.75, 3.05) is 13.1 Å². The van der Waals surface area contributed by atoms with Crippen molar-refractivity contribution in [3.8, 4) is 0 Å². The van der Waals surface area contributed by atoms with Crippen molar-refractivity contribution >= 4 is 18.0 Å². The van der Waals surface area contributed by atoms with E-state index in [0.717, 1.165) is 12.8 Å². The lowest BCUT2D eigenvalue weighted by atomic mass is 10.1. The van der Waals surface area contributed by atoms with E-state index < -0.39 is 36.6 Å². The van der Waals surface area contributed by atoms with Crippen LogP contribution in [0.4, 0.5) is 4.79 Å². The molecule has 2 amide bonds. The van der Waals surface area contributed by atoms with E-state index in [4.69, 9.17) is 26.2 Å². The number of carbonyl (C=O) groups is 3. The van der Waals surface area contributed by atoms with Gasteiger partial charge in [-0.3, -0.25) is 4.79 Å². The molecule has 0 saturated heterocycles. The molecule has 26 heavy (non-hydrogen) atoms. The van der Waals surface area contributed by atoms with Crippen LogP contribution in [0.3, 0.4) is 0 Å². The van der Waals surface area contributed by atoms with Crippen LogP contribution >= 0.6 is 0 Å². The van der Waals surface area contributed by atoms with Crippen LogP contribution in [0.15, 0.2) is 4.52 Å². The third-order valence-corrected chi connectivity index (χ3v) is 3.42. The predicted molar refractivity (Wildman–Crippen MR) is 88.9 cm³/mol. The quantitative estimate of drug-likeness (QED) is 0.216. The molecule has 0 aliphatic rings. The van der Waals surface area contributed by atoms with Gasteiger partial charge in [0, 0.05) is 11.2 Å². The minimum absolute atomic E-state index is 0.00161. The Bertz CT molecular complexity index is 607. The summed E-state index contributed by atoms with van der Waals surface area (Å²) in [6.07, 6.45) is 1.97. The van der Waals surface area contributed by atoms with Gasteiger partial charge in [-0.25, -0.2) is 4.79 Å². The van der Waals surface area contributed by atoms with Gasteiger partial charge in [0.1, 0.15) is 6.04 Å². The molecule has 1 heterocycles. The van der Waals surface area contributed by atoms with Crippen molar-refractivity contribution in [3.63, 3.8) is 0 Å². The van der Waals surface area contributed by atoms with E-state index in [1.54, 1.807) is 0 Å². The third kappa shape index (κ3) is 7.90. The molecule has 9 N–H and O–H groups in total. The second-order valence-electron chi connectivity index (χ2n) is 5.62. The molecule has 12 heteroatoms. The number of carboxylic acids is 1. The predicted octanol–water partition coefficient (Wildman–Crippen LogP) is -1.35. The molecule has 1 aromatic heterocycles. The normalized spacial score (nSPS) is 13.0. The zero-order valence-electron chi connectivity index (χ0n) is 14.2. The maximum absolute atomic E-state index is 11.8. The average molecular weight is 373 g/mol. The Hall–Kier alpha value is -2.73. The van der Waals surface area contributed by atoms with E-state index in [-0.39, 0.29) is 24.6 Å². The highest BCUT2D eigenvalue weighted by Gasteiger charge is 2.24. The van der Waals surface area contributed by atoms with Crippen LogP contribution in [0.1, 0.15) is 55.9 Å². The van der Waals surface area contributed by atoms with E-state index >= 15 is 0 Å². The number of hydrogen-bond donors (Lipinski definition) is 5. The summed E-state index contributed by atoms with van der Waals surface area (Å²) >= 11 is 0. The summed E-state index contributed by atoms with van der Waals surface area (Å²) in [4.78, 5) is 37.3. The van der Waals surface area contributed by atoms with Gasteiger partial charge in [-0.1, -0.05) is 11.6 Å². The van der Waals surface area contributed by atoms with Crippen molar-refractivity contribution in [1.29, 1.82) is 0 Å². The number of amides is 2. The first kappa shape index (κ1) is 21.3. The number of carboxylic acid groups (broad SMARTS) is 1. The maximum Gasteiger partial charge on any atom is 0.535 e. The lowest BCUT2D eigenvalue weighted by Gasteiger charge is -2.14. The fourth-order valence-corrected chi connectivity index (χ4v) is 2.07. The summed E-state index contributed by atoms with van der Waals surface area (Å²) in [6, 6.07) is -2.09. The number of nitrogens with one attached hydrogen (secondary N) is 2. The van der Waals surface area contributed by atoms with Gasteiger partial charge >= 0.3 is 18.0 Å². The molecule has 146 valence electrons. The topological polar surface area (TPSA) is 209 Å². The van der Waals surface area contributed by atoms with Gasteiger partial charge in [-0.05, 0) is 25.8 Å². The minimum Gasteiger partial charge on any atom is -0.563 e. The number of hydrogen-bond acceptors (Lipinski definition) is 8. The van der Waals surface area contributed by atoms with Crippen molar-refractivity contribution in [3.05, 3.63) is 11.7 Å². The van der Waals surface area contributed by atoms with Crippen LogP contribution < -0.4 is 22.1 Å². The molecule has 0 spiro atoms. The Morgan fingerprint density at radius 3 is 2.62 bits per heavy atom.